The molecule has 0 aromatic heterocycles. The number of fused-ring (bicyclic) bond motifs is 2. The van der Waals surface area contributed by atoms with Crippen LogP contribution in [0.15, 0.2) is 48.5 Å². The normalized spacial score (nSPS) is 11.2. The van der Waals surface area contributed by atoms with Crippen molar-refractivity contribution in [1.29, 1.82) is 0 Å². The molecule has 0 aliphatic carbocycles. The Morgan fingerprint density at radius 1 is 0.688 bits per heavy atom. The monoisotopic (exact) mass is 190 g/mol. The van der Waals surface area contributed by atoms with Crippen molar-refractivity contribution in [2.75, 3.05) is 0 Å². The zero-order chi connectivity index (χ0) is 11.1. The molecule has 0 aliphatic heterocycles. The summed E-state index contributed by atoms with van der Waals surface area (Å²) in [4.78, 5) is 0. The fourth-order valence-corrected chi connectivity index (χ4v) is 2.46. The maximum absolute atomic E-state index is 2.30. The summed E-state index contributed by atoms with van der Waals surface area (Å²) in [5.74, 6) is 0. The molecule has 0 nitrogen and oxygen atoms in total. The van der Waals surface area contributed by atoms with Crippen LogP contribution in [0.1, 0.15) is 0 Å². The Labute approximate surface area is 113 Å². The molecule has 0 saturated heterocycles. The first-order valence-corrected chi connectivity index (χ1v) is 5.65. The molecule has 16 heavy (non-hydrogen) atoms. The standard InChI is InChI=1S/C14H8.2Li/c1-2-6-12-10-14-8-4-3-7-13(14)9-11(12)5-1;;/h1-7,10H;;. The quantitative estimate of drug-likeness (QED) is 0.373. The van der Waals surface area contributed by atoms with Gasteiger partial charge in [-0.3, -0.25) is 0 Å². The van der Waals surface area contributed by atoms with Crippen LogP contribution >= 0.6 is 0 Å². The second kappa shape index (κ2) is 3.99. The number of hydrogen-bond donors (Lipinski definition) is 0. The van der Waals surface area contributed by atoms with Gasteiger partial charge < -0.3 is 0 Å². The third-order valence-corrected chi connectivity index (χ3v) is 3.39. The van der Waals surface area contributed by atoms with Gasteiger partial charge in [0.15, 0.2) is 0 Å². The van der Waals surface area contributed by atoms with Crippen molar-refractivity contribution in [3.05, 3.63) is 48.5 Å². The van der Waals surface area contributed by atoms with Gasteiger partial charge in [-0.2, -0.15) is 0 Å². The molecule has 0 atom stereocenters. The first-order valence-electron chi connectivity index (χ1n) is 5.65. The van der Waals surface area contributed by atoms with Crippen molar-refractivity contribution in [2.24, 2.45) is 0 Å². The Bertz CT molecular complexity index is 687. The van der Waals surface area contributed by atoms with E-state index in [0.717, 1.165) is 0 Å². The molecule has 3 aromatic rings. The molecule has 2 heteroatoms. The van der Waals surface area contributed by atoms with Crippen LogP contribution in [0.2, 0.25) is 0 Å². The molecule has 0 amide bonds. The topological polar surface area (TPSA) is 0 Å². The van der Waals surface area contributed by atoms with E-state index in [-0.39, 0.29) is 0 Å². The predicted molar refractivity (Wildman–Crippen MR) is 72.2 cm³/mol. The predicted octanol–water partition coefficient (Wildman–Crippen LogP) is 1.58. The Kier molecular flexibility index (Phi) is 2.63. The Hall–Kier alpha value is -0.625. The number of benzene rings is 3. The van der Waals surface area contributed by atoms with Crippen LogP contribution in [-0.2, 0) is 0 Å². The van der Waals surface area contributed by atoms with E-state index in [9.17, 15) is 0 Å². The van der Waals surface area contributed by atoms with E-state index in [0.29, 0.717) is 0 Å². The molecule has 66 valence electrons. The van der Waals surface area contributed by atoms with E-state index in [1.54, 1.807) is 0 Å². The Morgan fingerprint density at radius 2 is 1.44 bits per heavy atom. The first kappa shape index (κ1) is 10.5. The van der Waals surface area contributed by atoms with Crippen LogP contribution in [0, 0.1) is 0 Å². The SMILES string of the molecule is [Li][c]1cccc2[c]([Li])c3ccccc3cc12. The minimum atomic E-state index is 1.34. The molecule has 0 spiro atoms. The zero-order valence-corrected chi connectivity index (χ0v) is 9.62. The van der Waals surface area contributed by atoms with Crippen LogP contribution in [-0.4, -0.2) is 35.4 Å². The number of rotatable bonds is 0. The molecule has 0 radical (unpaired) electrons. The van der Waals surface area contributed by atoms with Crippen molar-refractivity contribution in [2.45, 2.75) is 0 Å². The van der Waals surface area contributed by atoms with E-state index in [4.69, 9.17) is 0 Å². The molecule has 0 unspecified atom stereocenters. The molecule has 3 aromatic carbocycles. The van der Waals surface area contributed by atoms with Gasteiger partial charge in [-0.1, -0.05) is 0 Å². The Morgan fingerprint density at radius 3 is 2.31 bits per heavy atom. The molecular formula is C14H8Li2. The van der Waals surface area contributed by atoms with E-state index in [1.165, 1.54) is 30.0 Å². The maximum atomic E-state index is 2.30. The van der Waals surface area contributed by atoms with Crippen molar-refractivity contribution in [3.8, 4) is 0 Å². The molecule has 0 N–H and O–H groups in total. The van der Waals surface area contributed by atoms with Gasteiger partial charge in [-0.25, -0.2) is 0 Å². The third-order valence-electron chi connectivity index (χ3n) is 3.39. The minimum absolute atomic E-state index is 1.34. The van der Waals surface area contributed by atoms with Crippen molar-refractivity contribution in [1.82, 2.24) is 0 Å². The number of hydrogen-bond acceptors (Lipinski definition) is 0. The van der Waals surface area contributed by atoms with E-state index in [1.807, 2.05) is 0 Å². The second-order valence-electron chi connectivity index (χ2n) is 4.39. The average molecular weight is 190 g/mol. The fourth-order valence-electron chi connectivity index (χ4n) is 2.46. The van der Waals surface area contributed by atoms with Crippen LogP contribution in [0.4, 0.5) is 0 Å². The molecular weight excluding hydrogens is 182 g/mol. The summed E-state index contributed by atoms with van der Waals surface area (Å²) in [6, 6.07) is 17.4. The summed E-state index contributed by atoms with van der Waals surface area (Å²) in [5, 5.41) is 5.44. The summed E-state index contributed by atoms with van der Waals surface area (Å²) in [7, 11) is 0. The van der Waals surface area contributed by atoms with Gasteiger partial charge in [0.05, 0.1) is 0 Å². The van der Waals surface area contributed by atoms with Crippen LogP contribution in [0.3, 0.4) is 0 Å². The van der Waals surface area contributed by atoms with E-state index >= 15 is 0 Å². The summed E-state index contributed by atoms with van der Waals surface area (Å²) in [6.07, 6.45) is 0. The van der Waals surface area contributed by atoms with Crippen molar-refractivity contribution >= 4 is 65.4 Å². The summed E-state index contributed by atoms with van der Waals surface area (Å²) < 4.78 is 2.74. The van der Waals surface area contributed by atoms with Crippen molar-refractivity contribution < 1.29 is 0 Å². The molecule has 0 aliphatic rings. The van der Waals surface area contributed by atoms with E-state index in [2.05, 4.69) is 84.0 Å². The zero-order valence-electron chi connectivity index (χ0n) is 9.62. The average Bonchev–Trinajstić information content (AvgIpc) is 2.31. The third kappa shape index (κ3) is 1.55. The van der Waals surface area contributed by atoms with Gasteiger partial charge in [0.2, 0.25) is 0 Å². The molecule has 0 heterocycles. The summed E-state index contributed by atoms with van der Waals surface area (Å²) in [6.45, 7) is 0. The fraction of sp³-hybridized carbons (Fsp3) is 0. The second-order valence-corrected chi connectivity index (χ2v) is 4.39. The molecule has 3 rings (SSSR count). The van der Waals surface area contributed by atoms with Gasteiger partial charge in [0.1, 0.15) is 0 Å². The van der Waals surface area contributed by atoms with Crippen LogP contribution in [0.5, 0.6) is 0 Å². The van der Waals surface area contributed by atoms with Gasteiger partial charge in [0.25, 0.3) is 0 Å². The van der Waals surface area contributed by atoms with Crippen LogP contribution < -0.4 is 8.47 Å². The molecule has 0 bridgehead atoms. The first-order chi connectivity index (χ1) is 7.77. The summed E-state index contributed by atoms with van der Waals surface area (Å²) >= 11 is 4.39. The summed E-state index contributed by atoms with van der Waals surface area (Å²) in [5.41, 5.74) is 0. The van der Waals surface area contributed by atoms with Crippen molar-refractivity contribution in [3.63, 3.8) is 0 Å². The van der Waals surface area contributed by atoms with Gasteiger partial charge in [-0.05, 0) is 0 Å². The molecule has 0 fully saturated rings. The van der Waals surface area contributed by atoms with Gasteiger partial charge >= 0.3 is 114 Å². The van der Waals surface area contributed by atoms with Crippen LogP contribution in [0.25, 0.3) is 21.5 Å². The van der Waals surface area contributed by atoms with Gasteiger partial charge in [-0.15, -0.1) is 0 Å². The van der Waals surface area contributed by atoms with Gasteiger partial charge in [0, 0.05) is 0 Å². The molecule has 0 saturated carbocycles. The Balaban J connectivity index is 2.61. The van der Waals surface area contributed by atoms with E-state index < -0.39 is 0 Å².